The molecule has 0 aromatic heterocycles. The average molecular weight is 285 g/mol. The molecule has 0 aromatic carbocycles. The first kappa shape index (κ1) is 17.2. The fraction of sp³-hybridized carbons (Fsp3) is 0.933. The molecule has 5 heteroatoms. The largest absolute Gasteiger partial charge is 0.381 e. The molecule has 1 saturated heterocycles. The molecule has 0 radical (unpaired) electrons. The highest BCUT2D eigenvalue weighted by atomic mass is 16.5. The van der Waals surface area contributed by atoms with Crippen LogP contribution in [-0.2, 0) is 9.47 Å². The van der Waals surface area contributed by atoms with Crippen LogP contribution in [0.3, 0.4) is 0 Å². The van der Waals surface area contributed by atoms with E-state index in [0.29, 0.717) is 5.92 Å². The highest BCUT2D eigenvalue weighted by Crippen LogP contribution is 2.21. The first-order chi connectivity index (χ1) is 9.38. The summed E-state index contributed by atoms with van der Waals surface area (Å²) in [6.07, 6.45) is 1.30. The van der Waals surface area contributed by atoms with Gasteiger partial charge in [-0.1, -0.05) is 20.8 Å². The fourth-order valence-corrected chi connectivity index (χ4v) is 2.51. The van der Waals surface area contributed by atoms with Gasteiger partial charge in [0.25, 0.3) is 0 Å². The van der Waals surface area contributed by atoms with E-state index in [4.69, 9.17) is 9.47 Å². The first-order valence-corrected chi connectivity index (χ1v) is 7.40. The van der Waals surface area contributed by atoms with Crippen molar-refractivity contribution in [3.05, 3.63) is 0 Å². The van der Waals surface area contributed by atoms with Crippen molar-refractivity contribution >= 4 is 5.96 Å². The van der Waals surface area contributed by atoms with E-state index in [1.165, 1.54) is 0 Å². The zero-order valence-electron chi connectivity index (χ0n) is 13.9. The molecule has 1 heterocycles. The second-order valence-corrected chi connectivity index (χ2v) is 6.63. The smallest absolute Gasteiger partial charge is 0.193 e. The maximum Gasteiger partial charge on any atom is 0.193 e. The molecule has 1 fully saturated rings. The monoisotopic (exact) mass is 285 g/mol. The molecule has 0 aliphatic carbocycles. The lowest BCUT2D eigenvalue weighted by molar-refractivity contribution is 0.0201. The number of hydrogen-bond acceptors (Lipinski definition) is 3. The van der Waals surface area contributed by atoms with Gasteiger partial charge in [-0.05, 0) is 11.8 Å². The van der Waals surface area contributed by atoms with E-state index >= 15 is 0 Å². The molecule has 0 spiro atoms. The molecule has 0 bridgehead atoms. The van der Waals surface area contributed by atoms with Crippen LogP contribution < -0.4 is 5.32 Å². The Hall–Kier alpha value is -0.810. The molecular formula is C15H31N3O2. The van der Waals surface area contributed by atoms with Crippen LogP contribution in [0.1, 0.15) is 27.2 Å². The fourth-order valence-electron chi connectivity index (χ4n) is 2.51. The zero-order chi connectivity index (χ0) is 15.2. The number of ether oxygens (including phenoxy) is 2. The lowest BCUT2D eigenvalue weighted by atomic mass is 9.89. The first-order valence-electron chi connectivity index (χ1n) is 7.40. The van der Waals surface area contributed by atoms with Gasteiger partial charge in [-0.25, -0.2) is 0 Å². The summed E-state index contributed by atoms with van der Waals surface area (Å²) in [5, 5.41) is 3.41. The Morgan fingerprint density at radius 3 is 2.65 bits per heavy atom. The molecule has 1 rings (SSSR count). The summed E-state index contributed by atoms with van der Waals surface area (Å²) in [4.78, 5) is 6.53. The van der Waals surface area contributed by atoms with Crippen LogP contribution >= 0.6 is 0 Å². The van der Waals surface area contributed by atoms with Crippen LogP contribution in [0.15, 0.2) is 4.99 Å². The van der Waals surface area contributed by atoms with Crippen molar-refractivity contribution in [2.45, 2.75) is 33.3 Å². The van der Waals surface area contributed by atoms with E-state index in [1.807, 2.05) is 7.05 Å². The van der Waals surface area contributed by atoms with Gasteiger partial charge < -0.3 is 19.7 Å². The van der Waals surface area contributed by atoms with Crippen LogP contribution in [0.25, 0.3) is 0 Å². The molecule has 5 nitrogen and oxygen atoms in total. The number of nitrogens with zero attached hydrogens (tertiary/aromatic N) is 2. The molecule has 0 aromatic rings. The summed E-state index contributed by atoms with van der Waals surface area (Å²) in [6, 6.07) is 0. The minimum Gasteiger partial charge on any atom is -0.381 e. The second-order valence-electron chi connectivity index (χ2n) is 6.63. The number of guanidine groups is 1. The molecule has 1 N–H and O–H groups in total. The van der Waals surface area contributed by atoms with Gasteiger partial charge >= 0.3 is 0 Å². The number of aliphatic imine (C=N–C) groups is 1. The number of methoxy groups -OCH3 is 1. The highest BCUT2D eigenvalue weighted by Gasteiger charge is 2.25. The van der Waals surface area contributed by atoms with Gasteiger partial charge in [0.1, 0.15) is 0 Å². The summed E-state index contributed by atoms with van der Waals surface area (Å²) in [6.45, 7) is 10.1. The van der Waals surface area contributed by atoms with Gasteiger partial charge in [0.2, 0.25) is 0 Å². The molecular weight excluding hydrogens is 254 g/mol. The molecule has 2 unspecified atom stereocenters. The number of nitrogens with one attached hydrogen (secondary N) is 1. The molecule has 0 saturated carbocycles. The van der Waals surface area contributed by atoms with Crippen molar-refractivity contribution in [1.29, 1.82) is 0 Å². The van der Waals surface area contributed by atoms with Gasteiger partial charge in [-0.15, -0.1) is 0 Å². The van der Waals surface area contributed by atoms with Crippen molar-refractivity contribution < 1.29 is 9.47 Å². The van der Waals surface area contributed by atoms with E-state index in [0.717, 1.165) is 38.7 Å². The summed E-state index contributed by atoms with van der Waals surface area (Å²) >= 11 is 0. The van der Waals surface area contributed by atoms with Crippen molar-refractivity contribution in [3.8, 4) is 0 Å². The second kappa shape index (κ2) is 7.84. The predicted molar refractivity (Wildman–Crippen MR) is 83.2 cm³/mol. The molecule has 0 amide bonds. The van der Waals surface area contributed by atoms with E-state index in [9.17, 15) is 0 Å². The third-order valence-corrected chi connectivity index (χ3v) is 3.83. The maximum absolute atomic E-state index is 5.57. The van der Waals surface area contributed by atoms with Gasteiger partial charge in [-0.3, -0.25) is 4.99 Å². The summed E-state index contributed by atoms with van der Waals surface area (Å²) in [7, 11) is 5.66. The maximum atomic E-state index is 5.57. The van der Waals surface area contributed by atoms with E-state index in [2.05, 4.69) is 43.0 Å². The Labute approximate surface area is 123 Å². The Bertz CT molecular complexity index is 307. The van der Waals surface area contributed by atoms with Crippen molar-refractivity contribution in [1.82, 2.24) is 10.2 Å². The van der Waals surface area contributed by atoms with Crippen molar-refractivity contribution in [2.75, 3.05) is 47.5 Å². The molecule has 2 atom stereocenters. The van der Waals surface area contributed by atoms with Crippen LogP contribution in [-0.4, -0.2) is 64.5 Å². The van der Waals surface area contributed by atoms with Crippen molar-refractivity contribution in [2.24, 2.45) is 16.3 Å². The highest BCUT2D eigenvalue weighted by molar-refractivity contribution is 5.79. The van der Waals surface area contributed by atoms with Gasteiger partial charge in [-0.2, -0.15) is 0 Å². The molecule has 118 valence electrons. The van der Waals surface area contributed by atoms with E-state index < -0.39 is 0 Å². The zero-order valence-corrected chi connectivity index (χ0v) is 13.9. The van der Waals surface area contributed by atoms with Gasteiger partial charge in [0, 0.05) is 46.8 Å². The van der Waals surface area contributed by atoms with Gasteiger partial charge in [0.15, 0.2) is 5.96 Å². The third-order valence-electron chi connectivity index (χ3n) is 3.83. The van der Waals surface area contributed by atoms with Crippen LogP contribution in [0.2, 0.25) is 0 Å². The van der Waals surface area contributed by atoms with E-state index in [-0.39, 0.29) is 11.5 Å². The summed E-state index contributed by atoms with van der Waals surface area (Å²) < 4.78 is 11.0. The van der Waals surface area contributed by atoms with Gasteiger partial charge in [0.05, 0.1) is 12.7 Å². The normalized spacial score (nSPS) is 21.9. The predicted octanol–water partition coefficient (Wildman–Crippen LogP) is 1.59. The number of rotatable bonds is 5. The van der Waals surface area contributed by atoms with Crippen LogP contribution in [0, 0.1) is 11.3 Å². The lowest BCUT2D eigenvalue weighted by Gasteiger charge is -2.31. The Morgan fingerprint density at radius 2 is 2.20 bits per heavy atom. The van der Waals surface area contributed by atoms with Crippen molar-refractivity contribution in [3.63, 3.8) is 0 Å². The average Bonchev–Trinajstić information content (AvgIpc) is 2.85. The molecule has 1 aliphatic heterocycles. The summed E-state index contributed by atoms with van der Waals surface area (Å²) in [5.41, 5.74) is 0.110. The van der Waals surface area contributed by atoms with Crippen LogP contribution in [0.4, 0.5) is 0 Å². The summed E-state index contributed by atoms with van der Waals surface area (Å²) in [5.74, 6) is 1.53. The molecule has 20 heavy (non-hydrogen) atoms. The lowest BCUT2D eigenvalue weighted by Crippen LogP contribution is -2.47. The van der Waals surface area contributed by atoms with E-state index in [1.54, 1.807) is 7.11 Å². The molecule has 1 aliphatic rings. The SMILES string of the molecule is CN=C(NCC(OC)C(C)(C)C)N(C)CC1CCOC1. The Kier molecular flexibility index (Phi) is 6.76. The minimum atomic E-state index is 0.110. The minimum absolute atomic E-state index is 0.110. The quantitative estimate of drug-likeness (QED) is 0.615. The van der Waals surface area contributed by atoms with Crippen LogP contribution in [0.5, 0.6) is 0 Å². The standard InChI is InChI=1S/C15H31N3O2/c1-15(2,3)13(19-6)9-17-14(16-4)18(5)10-12-7-8-20-11-12/h12-13H,7-11H2,1-6H3,(H,16,17). The topological polar surface area (TPSA) is 46.1 Å². The Balaban J connectivity index is 2.45. The number of hydrogen-bond donors (Lipinski definition) is 1. The Morgan fingerprint density at radius 1 is 1.50 bits per heavy atom. The third kappa shape index (κ3) is 5.29.